The van der Waals surface area contributed by atoms with Gasteiger partial charge in [-0.15, -0.1) is 0 Å². The summed E-state index contributed by atoms with van der Waals surface area (Å²) in [5, 5.41) is 0. The van der Waals surface area contributed by atoms with Crippen LogP contribution in [0.3, 0.4) is 0 Å². The second-order valence-electron chi connectivity index (χ2n) is 4.08. The SMILES string of the molecule is CCC(C)(OC)C(=O)c1ccc(F)cc1C. The molecule has 0 aliphatic rings. The molecule has 16 heavy (non-hydrogen) atoms. The van der Waals surface area contributed by atoms with E-state index in [1.165, 1.54) is 25.3 Å². The molecule has 0 bridgehead atoms. The fraction of sp³-hybridized carbons (Fsp3) is 0.462. The smallest absolute Gasteiger partial charge is 0.194 e. The quantitative estimate of drug-likeness (QED) is 0.734. The van der Waals surface area contributed by atoms with Crippen LogP contribution in [0.4, 0.5) is 4.39 Å². The molecule has 0 saturated carbocycles. The average Bonchev–Trinajstić information content (AvgIpc) is 2.27. The standard InChI is InChI=1S/C13H17FO2/c1-5-13(3,16-4)12(15)11-7-6-10(14)8-9(11)2/h6-8H,5H2,1-4H3. The summed E-state index contributed by atoms with van der Waals surface area (Å²) in [6.45, 7) is 5.36. The molecule has 1 unspecified atom stereocenters. The predicted octanol–water partition coefficient (Wildman–Crippen LogP) is 3.13. The molecule has 0 heterocycles. The second-order valence-corrected chi connectivity index (χ2v) is 4.08. The van der Waals surface area contributed by atoms with Crippen molar-refractivity contribution in [3.05, 3.63) is 35.1 Å². The fourth-order valence-corrected chi connectivity index (χ4v) is 1.56. The van der Waals surface area contributed by atoms with Crippen LogP contribution in [0.2, 0.25) is 0 Å². The van der Waals surface area contributed by atoms with Crippen LogP contribution >= 0.6 is 0 Å². The number of benzene rings is 1. The highest BCUT2D eigenvalue weighted by atomic mass is 19.1. The lowest BCUT2D eigenvalue weighted by Crippen LogP contribution is -2.37. The normalized spacial score (nSPS) is 14.6. The number of Topliss-reactive ketones (excluding diaryl/α,β-unsaturated/α-hetero) is 1. The first-order valence-electron chi connectivity index (χ1n) is 5.30. The number of hydrogen-bond acceptors (Lipinski definition) is 2. The summed E-state index contributed by atoms with van der Waals surface area (Å²) in [4.78, 5) is 12.2. The van der Waals surface area contributed by atoms with Crippen molar-refractivity contribution in [3.8, 4) is 0 Å². The van der Waals surface area contributed by atoms with Crippen molar-refractivity contribution < 1.29 is 13.9 Å². The van der Waals surface area contributed by atoms with Gasteiger partial charge in [-0.25, -0.2) is 4.39 Å². The highest BCUT2D eigenvalue weighted by Gasteiger charge is 2.32. The average molecular weight is 224 g/mol. The first-order valence-corrected chi connectivity index (χ1v) is 5.30. The van der Waals surface area contributed by atoms with Crippen molar-refractivity contribution in [1.29, 1.82) is 0 Å². The summed E-state index contributed by atoms with van der Waals surface area (Å²) in [5.41, 5.74) is 0.331. The minimum atomic E-state index is -0.831. The number of ether oxygens (including phenoxy) is 1. The molecule has 0 aromatic heterocycles. The predicted molar refractivity (Wildman–Crippen MR) is 61.2 cm³/mol. The summed E-state index contributed by atoms with van der Waals surface area (Å²) in [5.74, 6) is -0.431. The van der Waals surface area contributed by atoms with E-state index in [4.69, 9.17) is 4.74 Å². The molecule has 1 rings (SSSR count). The zero-order valence-electron chi connectivity index (χ0n) is 10.1. The van der Waals surface area contributed by atoms with Crippen molar-refractivity contribution in [2.75, 3.05) is 7.11 Å². The Hall–Kier alpha value is -1.22. The van der Waals surface area contributed by atoms with Crippen LogP contribution in [0.5, 0.6) is 0 Å². The zero-order valence-corrected chi connectivity index (χ0v) is 10.1. The van der Waals surface area contributed by atoms with E-state index in [1.807, 2.05) is 6.92 Å². The van der Waals surface area contributed by atoms with Gasteiger partial charge in [0.05, 0.1) is 0 Å². The van der Waals surface area contributed by atoms with Crippen LogP contribution < -0.4 is 0 Å². The maximum atomic E-state index is 12.9. The molecule has 2 nitrogen and oxygen atoms in total. The monoisotopic (exact) mass is 224 g/mol. The number of carbonyl (C=O) groups is 1. The van der Waals surface area contributed by atoms with Crippen molar-refractivity contribution >= 4 is 5.78 Å². The molecule has 3 heteroatoms. The molecular formula is C13H17FO2. The van der Waals surface area contributed by atoms with Gasteiger partial charge in [0.1, 0.15) is 11.4 Å². The Kier molecular flexibility index (Phi) is 3.81. The lowest BCUT2D eigenvalue weighted by molar-refractivity contribution is 0.0105. The van der Waals surface area contributed by atoms with Crippen LogP contribution in [0.25, 0.3) is 0 Å². The van der Waals surface area contributed by atoms with Crippen LogP contribution in [0.1, 0.15) is 36.2 Å². The first kappa shape index (κ1) is 12.8. The number of hydrogen-bond donors (Lipinski definition) is 0. The van der Waals surface area contributed by atoms with Crippen LogP contribution in [0.15, 0.2) is 18.2 Å². The molecule has 0 aliphatic carbocycles. The van der Waals surface area contributed by atoms with Crippen molar-refractivity contribution in [1.82, 2.24) is 0 Å². The van der Waals surface area contributed by atoms with E-state index < -0.39 is 5.60 Å². The van der Waals surface area contributed by atoms with Crippen molar-refractivity contribution in [3.63, 3.8) is 0 Å². The highest BCUT2D eigenvalue weighted by Crippen LogP contribution is 2.23. The summed E-state index contributed by atoms with van der Waals surface area (Å²) < 4.78 is 18.2. The third kappa shape index (κ3) is 2.30. The Morgan fingerprint density at radius 3 is 2.56 bits per heavy atom. The maximum absolute atomic E-state index is 12.9. The van der Waals surface area contributed by atoms with Crippen LogP contribution in [-0.4, -0.2) is 18.5 Å². The van der Waals surface area contributed by atoms with E-state index in [2.05, 4.69) is 0 Å². The van der Waals surface area contributed by atoms with E-state index in [-0.39, 0.29) is 11.6 Å². The minimum absolute atomic E-state index is 0.102. The van der Waals surface area contributed by atoms with E-state index in [0.29, 0.717) is 17.5 Å². The zero-order chi connectivity index (χ0) is 12.3. The van der Waals surface area contributed by atoms with Gasteiger partial charge in [0.25, 0.3) is 0 Å². The van der Waals surface area contributed by atoms with Gasteiger partial charge in [0.15, 0.2) is 5.78 Å². The number of halogens is 1. The van der Waals surface area contributed by atoms with Gasteiger partial charge in [0, 0.05) is 12.7 Å². The Morgan fingerprint density at radius 2 is 2.12 bits per heavy atom. The highest BCUT2D eigenvalue weighted by molar-refractivity contribution is 6.03. The first-order chi connectivity index (χ1) is 7.44. The summed E-state index contributed by atoms with van der Waals surface area (Å²) >= 11 is 0. The second kappa shape index (κ2) is 4.74. The van der Waals surface area contributed by atoms with Gasteiger partial charge >= 0.3 is 0 Å². The third-order valence-electron chi connectivity index (χ3n) is 3.04. The molecule has 88 valence electrons. The Labute approximate surface area is 95.4 Å². The van der Waals surface area contributed by atoms with Gasteiger partial charge < -0.3 is 4.74 Å². The molecule has 0 saturated heterocycles. The molecule has 0 N–H and O–H groups in total. The maximum Gasteiger partial charge on any atom is 0.194 e. The number of carbonyl (C=O) groups excluding carboxylic acids is 1. The summed E-state index contributed by atoms with van der Waals surface area (Å²) in [7, 11) is 1.51. The largest absolute Gasteiger partial charge is 0.370 e. The molecule has 1 aromatic rings. The Bertz CT molecular complexity index is 395. The minimum Gasteiger partial charge on any atom is -0.370 e. The van der Waals surface area contributed by atoms with Crippen molar-refractivity contribution in [2.24, 2.45) is 0 Å². The lowest BCUT2D eigenvalue weighted by Gasteiger charge is -2.25. The molecule has 1 aromatic carbocycles. The van der Waals surface area contributed by atoms with E-state index >= 15 is 0 Å². The number of rotatable bonds is 4. The molecule has 0 amide bonds. The number of ketones is 1. The third-order valence-corrected chi connectivity index (χ3v) is 3.04. The Balaban J connectivity index is 3.14. The van der Waals surface area contributed by atoms with Gasteiger partial charge in [-0.05, 0) is 44.0 Å². The Morgan fingerprint density at radius 1 is 1.50 bits per heavy atom. The van der Waals surface area contributed by atoms with E-state index in [0.717, 1.165) is 0 Å². The molecular weight excluding hydrogens is 207 g/mol. The fourth-order valence-electron chi connectivity index (χ4n) is 1.56. The van der Waals surface area contributed by atoms with Gasteiger partial charge in [-0.2, -0.15) is 0 Å². The lowest BCUT2D eigenvalue weighted by atomic mass is 9.90. The van der Waals surface area contributed by atoms with E-state index in [9.17, 15) is 9.18 Å². The van der Waals surface area contributed by atoms with Gasteiger partial charge in [-0.1, -0.05) is 6.92 Å². The molecule has 1 atom stereocenters. The van der Waals surface area contributed by atoms with Gasteiger partial charge in [0.2, 0.25) is 0 Å². The summed E-state index contributed by atoms with van der Waals surface area (Å²) in [6, 6.07) is 4.17. The molecule has 0 fully saturated rings. The van der Waals surface area contributed by atoms with E-state index in [1.54, 1.807) is 13.8 Å². The number of methoxy groups -OCH3 is 1. The number of aryl methyl sites for hydroxylation is 1. The van der Waals surface area contributed by atoms with Crippen LogP contribution in [-0.2, 0) is 4.74 Å². The molecule has 0 radical (unpaired) electrons. The van der Waals surface area contributed by atoms with Gasteiger partial charge in [-0.3, -0.25) is 4.79 Å². The van der Waals surface area contributed by atoms with Crippen LogP contribution in [0, 0.1) is 12.7 Å². The van der Waals surface area contributed by atoms with Crippen molar-refractivity contribution in [2.45, 2.75) is 32.8 Å². The molecule has 0 aliphatic heterocycles. The summed E-state index contributed by atoms with van der Waals surface area (Å²) in [6.07, 6.45) is 0.582. The molecule has 0 spiro atoms. The topological polar surface area (TPSA) is 26.3 Å².